The third-order valence-electron chi connectivity index (χ3n) is 5.29. The second kappa shape index (κ2) is 7.79. The normalized spacial score (nSPS) is 17.9. The van der Waals surface area contributed by atoms with Crippen molar-refractivity contribution in [1.29, 1.82) is 0 Å². The molecular formula is C19H22N6O3. The Bertz CT molecular complexity index is 857. The van der Waals surface area contributed by atoms with Gasteiger partial charge in [-0.05, 0) is 30.5 Å². The summed E-state index contributed by atoms with van der Waals surface area (Å²) >= 11 is 0. The van der Waals surface area contributed by atoms with E-state index in [0.717, 1.165) is 35.7 Å². The minimum atomic E-state index is -0.494. The van der Waals surface area contributed by atoms with Crippen LogP contribution in [0.2, 0.25) is 0 Å². The first kappa shape index (κ1) is 18.1. The number of nitrogens with zero attached hydrogens (tertiary/aromatic N) is 5. The number of rotatable bonds is 5. The van der Waals surface area contributed by atoms with E-state index < -0.39 is 6.03 Å². The molecule has 0 saturated carbocycles. The molecule has 0 atom stereocenters. The zero-order valence-corrected chi connectivity index (χ0v) is 15.5. The van der Waals surface area contributed by atoms with E-state index in [1.165, 1.54) is 0 Å². The lowest BCUT2D eigenvalue weighted by Crippen LogP contribution is -2.45. The van der Waals surface area contributed by atoms with Crippen molar-refractivity contribution in [2.24, 2.45) is 0 Å². The predicted molar refractivity (Wildman–Crippen MR) is 99.2 cm³/mol. The maximum absolute atomic E-state index is 12.5. The summed E-state index contributed by atoms with van der Waals surface area (Å²) in [5.74, 6) is 0.756. The summed E-state index contributed by atoms with van der Waals surface area (Å²) in [5, 5.41) is 2.43. The van der Waals surface area contributed by atoms with Crippen molar-refractivity contribution in [1.82, 2.24) is 29.7 Å². The van der Waals surface area contributed by atoms with E-state index in [1.54, 1.807) is 17.3 Å². The number of aromatic nitrogens is 3. The van der Waals surface area contributed by atoms with Crippen molar-refractivity contribution in [3.63, 3.8) is 0 Å². The third-order valence-corrected chi connectivity index (χ3v) is 5.29. The molecule has 0 aromatic carbocycles. The number of hydrogen-bond donors (Lipinski definition) is 1. The number of carbonyl (C=O) groups excluding carboxylic acids is 3. The lowest BCUT2D eigenvalue weighted by molar-refractivity contribution is -0.137. The Morgan fingerprint density at radius 3 is 2.57 bits per heavy atom. The number of imidazole rings is 1. The van der Waals surface area contributed by atoms with Crippen LogP contribution in [0.1, 0.15) is 30.1 Å². The fourth-order valence-electron chi connectivity index (χ4n) is 3.74. The molecule has 28 heavy (non-hydrogen) atoms. The average Bonchev–Trinajstić information content (AvgIpc) is 3.30. The standard InChI is InChI=1S/C19H22N6O3/c26-16-11-22-19(28)25(16)13-17(27)23-8-3-15(4-9-23)18-21-7-10-24(18)12-14-1-5-20-6-2-14/h1-2,5-7,10,15H,3-4,8-9,11-13H2,(H,22,28). The van der Waals surface area contributed by atoms with Crippen LogP contribution in [0.25, 0.3) is 0 Å². The fraction of sp³-hybridized carbons (Fsp3) is 0.421. The number of amides is 4. The van der Waals surface area contributed by atoms with Gasteiger partial charge in [0.25, 0.3) is 5.91 Å². The van der Waals surface area contributed by atoms with E-state index in [2.05, 4.69) is 19.9 Å². The summed E-state index contributed by atoms with van der Waals surface area (Å²) in [4.78, 5) is 47.0. The molecule has 0 aliphatic carbocycles. The zero-order chi connectivity index (χ0) is 19.5. The van der Waals surface area contributed by atoms with Gasteiger partial charge in [-0.3, -0.25) is 19.5 Å². The smallest absolute Gasteiger partial charge is 0.325 e. The van der Waals surface area contributed by atoms with Crippen LogP contribution in [0.4, 0.5) is 4.79 Å². The number of pyridine rings is 1. The van der Waals surface area contributed by atoms with Gasteiger partial charge in [0.1, 0.15) is 12.4 Å². The minimum Gasteiger partial charge on any atom is -0.341 e. The Morgan fingerprint density at radius 2 is 1.89 bits per heavy atom. The van der Waals surface area contributed by atoms with Crippen molar-refractivity contribution in [2.75, 3.05) is 26.2 Å². The summed E-state index contributed by atoms with van der Waals surface area (Å²) in [5.41, 5.74) is 1.16. The Kier molecular flexibility index (Phi) is 5.05. The Balaban J connectivity index is 1.35. The molecule has 2 aromatic heterocycles. The summed E-state index contributed by atoms with van der Waals surface area (Å²) in [6.45, 7) is 1.70. The van der Waals surface area contributed by atoms with Crippen LogP contribution in [-0.4, -0.2) is 68.4 Å². The third kappa shape index (κ3) is 3.73. The number of likely N-dealkylation sites (tertiary alicyclic amines) is 1. The summed E-state index contributed by atoms with van der Waals surface area (Å²) in [6.07, 6.45) is 8.96. The largest absolute Gasteiger partial charge is 0.341 e. The molecule has 2 fully saturated rings. The highest BCUT2D eigenvalue weighted by Crippen LogP contribution is 2.27. The first-order valence-corrected chi connectivity index (χ1v) is 9.37. The van der Waals surface area contributed by atoms with Crippen LogP contribution in [0.15, 0.2) is 36.9 Å². The van der Waals surface area contributed by atoms with E-state index in [9.17, 15) is 14.4 Å². The Morgan fingerprint density at radius 1 is 1.14 bits per heavy atom. The monoisotopic (exact) mass is 382 g/mol. The summed E-state index contributed by atoms with van der Waals surface area (Å²) in [7, 11) is 0. The second-order valence-electron chi connectivity index (χ2n) is 7.06. The average molecular weight is 382 g/mol. The molecule has 0 radical (unpaired) electrons. The van der Waals surface area contributed by atoms with E-state index in [0.29, 0.717) is 13.1 Å². The SMILES string of the molecule is O=C(CN1C(=O)CNC1=O)N1CCC(c2nccn2Cc2ccncc2)CC1. The topological polar surface area (TPSA) is 100 Å². The van der Waals surface area contributed by atoms with Crippen LogP contribution in [-0.2, 0) is 16.1 Å². The van der Waals surface area contributed by atoms with E-state index in [4.69, 9.17) is 0 Å². The van der Waals surface area contributed by atoms with Crippen molar-refractivity contribution < 1.29 is 14.4 Å². The highest BCUT2D eigenvalue weighted by Gasteiger charge is 2.33. The highest BCUT2D eigenvalue weighted by atomic mass is 16.2. The number of imide groups is 1. The molecule has 2 aliphatic rings. The molecule has 146 valence electrons. The van der Waals surface area contributed by atoms with Crippen molar-refractivity contribution in [2.45, 2.75) is 25.3 Å². The molecule has 0 spiro atoms. The van der Waals surface area contributed by atoms with Crippen molar-refractivity contribution in [3.05, 3.63) is 48.3 Å². The molecule has 4 rings (SSSR count). The van der Waals surface area contributed by atoms with Crippen LogP contribution < -0.4 is 5.32 Å². The summed E-state index contributed by atoms with van der Waals surface area (Å²) in [6, 6.07) is 3.48. The van der Waals surface area contributed by atoms with Gasteiger partial charge in [-0.15, -0.1) is 0 Å². The highest BCUT2D eigenvalue weighted by molar-refractivity contribution is 6.04. The lowest BCUT2D eigenvalue weighted by Gasteiger charge is -2.32. The Labute approximate surface area is 162 Å². The van der Waals surface area contributed by atoms with E-state index >= 15 is 0 Å². The molecule has 4 heterocycles. The molecule has 4 amide bonds. The molecular weight excluding hydrogens is 360 g/mol. The van der Waals surface area contributed by atoms with Gasteiger partial charge >= 0.3 is 6.03 Å². The van der Waals surface area contributed by atoms with Crippen LogP contribution in [0.3, 0.4) is 0 Å². The fourth-order valence-corrected chi connectivity index (χ4v) is 3.74. The minimum absolute atomic E-state index is 0.0334. The van der Waals surface area contributed by atoms with Crippen LogP contribution in [0.5, 0.6) is 0 Å². The quantitative estimate of drug-likeness (QED) is 0.763. The summed E-state index contributed by atoms with van der Waals surface area (Å²) < 4.78 is 2.14. The van der Waals surface area contributed by atoms with Gasteiger partial charge in [0.2, 0.25) is 5.91 Å². The van der Waals surface area contributed by atoms with E-state index in [1.807, 2.05) is 24.5 Å². The number of hydrogen-bond acceptors (Lipinski definition) is 5. The van der Waals surface area contributed by atoms with Gasteiger partial charge < -0.3 is 14.8 Å². The van der Waals surface area contributed by atoms with Crippen LogP contribution >= 0.6 is 0 Å². The maximum Gasteiger partial charge on any atom is 0.325 e. The number of carbonyl (C=O) groups is 3. The molecule has 1 N–H and O–H groups in total. The van der Waals surface area contributed by atoms with Gasteiger partial charge in [0, 0.05) is 50.3 Å². The van der Waals surface area contributed by atoms with Crippen LogP contribution in [0, 0.1) is 0 Å². The van der Waals surface area contributed by atoms with Gasteiger partial charge in [0.15, 0.2) is 0 Å². The predicted octanol–water partition coefficient (Wildman–Crippen LogP) is 0.584. The molecule has 2 aliphatic heterocycles. The first-order chi connectivity index (χ1) is 13.6. The second-order valence-corrected chi connectivity index (χ2v) is 7.06. The van der Waals surface area contributed by atoms with Gasteiger partial charge in [-0.25, -0.2) is 9.78 Å². The van der Waals surface area contributed by atoms with Gasteiger partial charge in [0.05, 0.1) is 6.54 Å². The molecule has 0 bridgehead atoms. The van der Waals surface area contributed by atoms with Gasteiger partial charge in [-0.2, -0.15) is 0 Å². The van der Waals surface area contributed by atoms with Gasteiger partial charge in [-0.1, -0.05) is 0 Å². The molecule has 9 heteroatoms. The lowest BCUT2D eigenvalue weighted by atomic mass is 9.95. The molecule has 2 saturated heterocycles. The number of piperidine rings is 1. The molecule has 9 nitrogen and oxygen atoms in total. The van der Waals surface area contributed by atoms with Crippen molar-refractivity contribution >= 4 is 17.8 Å². The molecule has 0 unspecified atom stereocenters. The number of urea groups is 1. The number of nitrogens with one attached hydrogen (secondary N) is 1. The first-order valence-electron chi connectivity index (χ1n) is 9.37. The molecule has 2 aromatic rings. The van der Waals surface area contributed by atoms with E-state index in [-0.39, 0.29) is 30.8 Å². The van der Waals surface area contributed by atoms with Crippen molar-refractivity contribution in [3.8, 4) is 0 Å². The Hall–Kier alpha value is -3.23. The zero-order valence-electron chi connectivity index (χ0n) is 15.5. The maximum atomic E-state index is 12.5.